The van der Waals surface area contributed by atoms with Crippen LogP contribution in [0.3, 0.4) is 0 Å². The van der Waals surface area contributed by atoms with E-state index in [0.717, 1.165) is 12.1 Å². The van der Waals surface area contributed by atoms with Crippen LogP contribution in [0.5, 0.6) is 0 Å². The highest BCUT2D eigenvalue weighted by Crippen LogP contribution is 2.32. The van der Waals surface area contributed by atoms with Crippen molar-refractivity contribution in [2.24, 2.45) is 0 Å². The number of non-ortho nitro benzene ring substituents is 1. The zero-order chi connectivity index (χ0) is 17.0. The lowest BCUT2D eigenvalue weighted by molar-refractivity contribution is -0.393. The van der Waals surface area contributed by atoms with E-state index in [2.05, 4.69) is 10.1 Å². The van der Waals surface area contributed by atoms with Crippen LogP contribution in [0.25, 0.3) is 0 Å². The number of carbonyl (C=O) groups excluding carboxylic acids is 1. The minimum absolute atomic E-state index is 0.0250. The highest BCUT2D eigenvalue weighted by Gasteiger charge is 2.21. The minimum Gasteiger partial charge on any atom is -0.465 e. The fourth-order valence-corrected chi connectivity index (χ4v) is 1.92. The first-order chi connectivity index (χ1) is 10.9. The predicted molar refractivity (Wildman–Crippen MR) is 80.8 cm³/mol. The van der Waals surface area contributed by atoms with Gasteiger partial charge in [0.25, 0.3) is 11.4 Å². The van der Waals surface area contributed by atoms with E-state index in [0.29, 0.717) is 0 Å². The molecule has 0 fully saturated rings. The third-order valence-corrected chi connectivity index (χ3v) is 2.99. The molecule has 0 saturated carbocycles. The largest absolute Gasteiger partial charge is 0.465 e. The Hall–Kier alpha value is -3.49. The standard InChI is InChI=1S/C14H11N3O6/c1-23-14(18)10-4-2-3-5-11(10)15-12-7-6-9(16(19)20)8-13(12)17(21)22/h2-8,15H,1H3. The van der Waals surface area contributed by atoms with Crippen LogP contribution in [0.1, 0.15) is 10.4 Å². The van der Waals surface area contributed by atoms with Crippen molar-refractivity contribution < 1.29 is 19.4 Å². The van der Waals surface area contributed by atoms with Crippen molar-refractivity contribution in [3.8, 4) is 0 Å². The molecule has 0 spiro atoms. The minimum atomic E-state index is -0.740. The molecule has 1 N–H and O–H groups in total. The summed E-state index contributed by atoms with van der Waals surface area (Å²) in [5.41, 5.74) is -0.377. The molecule has 0 unspecified atom stereocenters. The molecule has 23 heavy (non-hydrogen) atoms. The molecule has 0 aliphatic heterocycles. The number of hydrogen-bond acceptors (Lipinski definition) is 7. The predicted octanol–water partition coefficient (Wildman–Crippen LogP) is 3.03. The van der Waals surface area contributed by atoms with Crippen LogP contribution >= 0.6 is 0 Å². The number of nitrogens with zero attached hydrogens (tertiary/aromatic N) is 2. The molecular formula is C14H11N3O6. The number of hydrogen-bond donors (Lipinski definition) is 1. The number of methoxy groups -OCH3 is 1. The summed E-state index contributed by atoms with van der Waals surface area (Å²) in [6.07, 6.45) is 0. The van der Waals surface area contributed by atoms with Crippen molar-refractivity contribution in [3.05, 3.63) is 68.3 Å². The van der Waals surface area contributed by atoms with Crippen molar-refractivity contribution in [3.63, 3.8) is 0 Å². The van der Waals surface area contributed by atoms with E-state index in [4.69, 9.17) is 0 Å². The summed E-state index contributed by atoms with van der Waals surface area (Å²) in [5, 5.41) is 24.6. The van der Waals surface area contributed by atoms with E-state index in [-0.39, 0.29) is 16.9 Å². The van der Waals surface area contributed by atoms with E-state index < -0.39 is 27.2 Å². The fraction of sp³-hybridized carbons (Fsp3) is 0.0714. The Labute approximate surface area is 129 Å². The molecule has 0 atom stereocenters. The van der Waals surface area contributed by atoms with Crippen LogP contribution in [0.15, 0.2) is 42.5 Å². The molecule has 0 amide bonds. The van der Waals surface area contributed by atoms with Crippen LogP contribution in [0, 0.1) is 20.2 Å². The van der Waals surface area contributed by atoms with Crippen LogP contribution in [0.2, 0.25) is 0 Å². The number of carbonyl (C=O) groups is 1. The average Bonchev–Trinajstić information content (AvgIpc) is 2.54. The summed E-state index contributed by atoms with van der Waals surface area (Å²) in [7, 11) is 1.22. The molecule has 2 aromatic rings. The quantitative estimate of drug-likeness (QED) is 0.510. The average molecular weight is 317 g/mol. The van der Waals surface area contributed by atoms with Gasteiger partial charge in [0.1, 0.15) is 5.69 Å². The Kier molecular flexibility index (Phi) is 4.50. The molecule has 2 rings (SSSR count). The van der Waals surface area contributed by atoms with Crippen LogP contribution in [-0.4, -0.2) is 22.9 Å². The zero-order valence-electron chi connectivity index (χ0n) is 11.9. The topological polar surface area (TPSA) is 125 Å². The first kappa shape index (κ1) is 15.9. The maximum Gasteiger partial charge on any atom is 0.339 e. The number of para-hydroxylation sites is 1. The van der Waals surface area contributed by atoms with Crippen molar-refractivity contribution in [1.29, 1.82) is 0 Å². The lowest BCUT2D eigenvalue weighted by atomic mass is 10.1. The Morgan fingerprint density at radius 1 is 1.04 bits per heavy atom. The number of rotatable bonds is 5. The van der Waals surface area contributed by atoms with Crippen LogP contribution < -0.4 is 5.32 Å². The molecule has 0 saturated heterocycles. The molecule has 0 heterocycles. The molecule has 0 aliphatic carbocycles. The smallest absolute Gasteiger partial charge is 0.339 e. The highest BCUT2D eigenvalue weighted by molar-refractivity contribution is 5.96. The number of anilines is 2. The summed E-state index contributed by atoms with van der Waals surface area (Å²) in [5.74, 6) is -0.613. The van der Waals surface area contributed by atoms with Crippen LogP contribution in [0.4, 0.5) is 22.7 Å². The third kappa shape index (κ3) is 3.40. The summed E-state index contributed by atoms with van der Waals surface area (Å²) >= 11 is 0. The molecule has 9 heteroatoms. The number of nitro groups is 2. The Bertz CT molecular complexity index is 790. The molecule has 0 bridgehead atoms. The van der Waals surface area contributed by atoms with Gasteiger partial charge in [0, 0.05) is 6.07 Å². The van der Waals surface area contributed by atoms with E-state index >= 15 is 0 Å². The van der Waals surface area contributed by atoms with Gasteiger partial charge in [-0.25, -0.2) is 4.79 Å². The van der Waals surface area contributed by atoms with Gasteiger partial charge in [-0.05, 0) is 18.2 Å². The highest BCUT2D eigenvalue weighted by atomic mass is 16.6. The van der Waals surface area contributed by atoms with E-state index in [9.17, 15) is 25.0 Å². The first-order valence-corrected chi connectivity index (χ1v) is 6.31. The van der Waals surface area contributed by atoms with Gasteiger partial charge in [0.15, 0.2) is 0 Å². The molecule has 0 aliphatic rings. The molecule has 0 aromatic heterocycles. The van der Waals surface area contributed by atoms with Gasteiger partial charge in [-0.3, -0.25) is 20.2 Å². The molecule has 9 nitrogen and oxygen atoms in total. The molecule has 2 aromatic carbocycles. The maximum atomic E-state index is 11.7. The molecular weight excluding hydrogens is 306 g/mol. The lowest BCUT2D eigenvalue weighted by Gasteiger charge is -2.10. The SMILES string of the molecule is COC(=O)c1ccccc1Nc1ccc([N+](=O)[O-])cc1[N+](=O)[O-]. The van der Waals surface area contributed by atoms with Gasteiger partial charge in [-0.2, -0.15) is 0 Å². The zero-order valence-corrected chi connectivity index (χ0v) is 11.9. The molecule has 0 radical (unpaired) electrons. The van der Waals surface area contributed by atoms with Crippen molar-refractivity contribution in [2.75, 3.05) is 12.4 Å². The van der Waals surface area contributed by atoms with E-state index in [1.54, 1.807) is 12.1 Å². The van der Waals surface area contributed by atoms with Gasteiger partial charge in [-0.15, -0.1) is 0 Å². The second-order valence-electron chi connectivity index (χ2n) is 4.38. The monoisotopic (exact) mass is 317 g/mol. The normalized spacial score (nSPS) is 9.96. The number of nitrogens with one attached hydrogen (secondary N) is 1. The second-order valence-corrected chi connectivity index (χ2v) is 4.38. The lowest BCUT2D eigenvalue weighted by Crippen LogP contribution is -2.06. The number of esters is 1. The fourth-order valence-electron chi connectivity index (χ4n) is 1.92. The van der Waals surface area contributed by atoms with E-state index in [1.807, 2.05) is 0 Å². The maximum absolute atomic E-state index is 11.7. The van der Waals surface area contributed by atoms with Crippen LogP contribution in [-0.2, 0) is 4.74 Å². The Morgan fingerprint density at radius 2 is 1.74 bits per heavy atom. The second kappa shape index (κ2) is 6.52. The number of ether oxygens (including phenoxy) is 1. The van der Waals surface area contributed by atoms with Crippen molar-refractivity contribution >= 4 is 28.7 Å². The van der Waals surface area contributed by atoms with Gasteiger partial charge in [0.2, 0.25) is 0 Å². The van der Waals surface area contributed by atoms with E-state index in [1.165, 1.54) is 25.3 Å². The van der Waals surface area contributed by atoms with Gasteiger partial charge < -0.3 is 10.1 Å². The molecule has 118 valence electrons. The summed E-state index contributed by atoms with van der Waals surface area (Å²) in [6, 6.07) is 9.47. The first-order valence-electron chi connectivity index (χ1n) is 6.31. The summed E-state index contributed by atoms with van der Waals surface area (Å²) < 4.78 is 4.64. The van der Waals surface area contributed by atoms with Gasteiger partial charge in [-0.1, -0.05) is 12.1 Å². The summed E-state index contributed by atoms with van der Waals surface area (Å²) in [4.78, 5) is 32.1. The van der Waals surface area contributed by atoms with Crippen molar-refractivity contribution in [2.45, 2.75) is 0 Å². The number of nitro benzene ring substituents is 2. The van der Waals surface area contributed by atoms with Gasteiger partial charge >= 0.3 is 5.97 Å². The Morgan fingerprint density at radius 3 is 2.35 bits per heavy atom. The van der Waals surface area contributed by atoms with Gasteiger partial charge in [0.05, 0.1) is 34.3 Å². The number of benzene rings is 2. The summed E-state index contributed by atoms with van der Waals surface area (Å²) in [6.45, 7) is 0. The Balaban J connectivity index is 2.47. The third-order valence-electron chi connectivity index (χ3n) is 2.99. The van der Waals surface area contributed by atoms with Crippen molar-refractivity contribution in [1.82, 2.24) is 0 Å².